The number of carbonyl (C=O) groups excluding carboxylic acids is 2. The van der Waals surface area contributed by atoms with Crippen LogP contribution in [0.2, 0.25) is 0 Å². The van der Waals surface area contributed by atoms with E-state index in [1.54, 1.807) is 0 Å². The fourth-order valence-electron chi connectivity index (χ4n) is 9.23. The summed E-state index contributed by atoms with van der Waals surface area (Å²) in [6, 6.07) is -0.551. The molecule has 0 aromatic rings. The van der Waals surface area contributed by atoms with E-state index in [2.05, 4.69) is 19.2 Å². The quantitative estimate of drug-likeness (QED) is 0.0418. The lowest BCUT2D eigenvalue weighted by atomic mass is 10.0. The Morgan fingerprint density at radius 3 is 0.968 bits per heavy atom. The van der Waals surface area contributed by atoms with Crippen molar-refractivity contribution in [2.45, 2.75) is 341 Å². The first kappa shape index (κ1) is 61.9. The molecule has 0 aliphatic heterocycles. The average Bonchev–Trinajstić information content (AvgIpc) is 3.28. The average molecular weight is 893 g/mol. The number of unbranched alkanes of at least 4 members (excludes halogenated alkanes) is 43. The molecule has 0 radical (unpaired) electrons. The molecule has 0 saturated heterocycles. The van der Waals surface area contributed by atoms with Gasteiger partial charge in [-0.05, 0) is 25.7 Å². The Morgan fingerprint density at radius 1 is 0.381 bits per heavy atom. The van der Waals surface area contributed by atoms with Crippen LogP contribution >= 0.6 is 0 Å². The third-order valence-electron chi connectivity index (χ3n) is 13.7. The number of ether oxygens (including phenoxy) is 1. The molecule has 6 nitrogen and oxygen atoms in total. The summed E-state index contributed by atoms with van der Waals surface area (Å²) in [6.45, 7) is 4.95. The normalized spacial score (nSPS) is 12.5. The summed E-state index contributed by atoms with van der Waals surface area (Å²) in [5, 5.41) is 23.3. The van der Waals surface area contributed by atoms with Crippen LogP contribution in [0.5, 0.6) is 0 Å². The van der Waals surface area contributed by atoms with Crippen LogP contribution in [0.4, 0.5) is 0 Å². The molecule has 2 atom stereocenters. The second-order valence-electron chi connectivity index (χ2n) is 20.0. The Labute approximate surface area is 394 Å². The predicted molar refractivity (Wildman–Crippen MR) is 274 cm³/mol. The SMILES string of the molecule is CCCCCCCCCCCCCCCCCCCCC(=O)OCCCCCCCCCCCCCCC(=O)NC(CO)C(O)CCCCCCCCCCCCCCCCCC. The zero-order valence-electron chi connectivity index (χ0n) is 42.8. The van der Waals surface area contributed by atoms with Crippen LogP contribution in [0.15, 0.2) is 0 Å². The number of hydrogen-bond donors (Lipinski definition) is 3. The first-order valence-electron chi connectivity index (χ1n) is 28.8. The highest BCUT2D eigenvalue weighted by Crippen LogP contribution is 2.18. The van der Waals surface area contributed by atoms with Gasteiger partial charge in [0.25, 0.3) is 0 Å². The molecular weight excluding hydrogens is 779 g/mol. The maximum absolute atomic E-state index is 12.5. The monoisotopic (exact) mass is 892 g/mol. The lowest BCUT2D eigenvalue weighted by molar-refractivity contribution is -0.143. The van der Waals surface area contributed by atoms with Crippen LogP contribution < -0.4 is 5.32 Å². The van der Waals surface area contributed by atoms with Gasteiger partial charge in [0.2, 0.25) is 5.91 Å². The summed E-state index contributed by atoms with van der Waals surface area (Å²) < 4.78 is 5.48. The van der Waals surface area contributed by atoms with Gasteiger partial charge < -0.3 is 20.3 Å². The zero-order valence-corrected chi connectivity index (χ0v) is 42.8. The van der Waals surface area contributed by atoms with Crippen LogP contribution in [0, 0.1) is 0 Å². The fraction of sp³-hybridized carbons (Fsp3) is 0.965. The summed E-state index contributed by atoms with van der Waals surface area (Å²) in [4.78, 5) is 24.6. The lowest BCUT2D eigenvalue weighted by Gasteiger charge is -2.22. The van der Waals surface area contributed by atoms with E-state index < -0.39 is 12.1 Å². The smallest absolute Gasteiger partial charge is 0.305 e. The maximum Gasteiger partial charge on any atom is 0.305 e. The molecule has 376 valence electrons. The number of hydrogen-bond acceptors (Lipinski definition) is 5. The van der Waals surface area contributed by atoms with E-state index in [1.165, 1.54) is 238 Å². The van der Waals surface area contributed by atoms with Crippen molar-refractivity contribution in [3.8, 4) is 0 Å². The molecule has 2 unspecified atom stereocenters. The molecule has 0 saturated carbocycles. The minimum absolute atomic E-state index is 0.00373. The summed E-state index contributed by atoms with van der Waals surface area (Å²) in [6.07, 6.45) is 60.8. The Balaban J connectivity index is 3.42. The molecule has 3 N–H and O–H groups in total. The number of aliphatic hydroxyl groups excluding tert-OH is 2. The molecule has 0 aliphatic rings. The van der Waals surface area contributed by atoms with Gasteiger partial charge in [0, 0.05) is 12.8 Å². The van der Waals surface area contributed by atoms with Crippen LogP contribution in [0.25, 0.3) is 0 Å². The molecule has 6 heteroatoms. The van der Waals surface area contributed by atoms with E-state index in [1.807, 2.05) is 0 Å². The fourth-order valence-corrected chi connectivity index (χ4v) is 9.23. The topological polar surface area (TPSA) is 95.9 Å². The third-order valence-corrected chi connectivity index (χ3v) is 13.7. The molecular formula is C57H113NO5. The van der Waals surface area contributed by atoms with Gasteiger partial charge in [-0.1, -0.05) is 290 Å². The molecule has 0 fully saturated rings. The molecule has 0 rings (SSSR count). The Hall–Kier alpha value is -1.14. The third kappa shape index (κ3) is 50.1. The maximum atomic E-state index is 12.5. The van der Waals surface area contributed by atoms with Crippen LogP contribution in [0.1, 0.15) is 328 Å². The van der Waals surface area contributed by atoms with E-state index in [4.69, 9.17) is 4.74 Å². The second kappa shape index (κ2) is 53.5. The van der Waals surface area contributed by atoms with Crippen LogP contribution in [0.3, 0.4) is 0 Å². The van der Waals surface area contributed by atoms with Gasteiger partial charge in [-0.15, -0.1) is 0 Å². The van der Waals surface area contributed by atoms with Gasteiger partial charge in [-0.3, -0.25) is 9.59 Å². The van der Waals surface area contributed by atoms with E-state index >= 15 is 0 Å². The number of aliphatic hydroxyl groups is 2. The van der Waals surface area contributed by atoms with Gasteiger partial charge in [0.05, 0.1) is 25.4 Å². The van der Waals surface area contributed by atoms with Gasteiger partial charge in [0.1, 0.15) is 0 Å². The van der Waals surface area contributed by atoms with Gasteiger partial charge in [0.15, 0.2) is 0 Å². The molecule has 0 heterocycles. The van der Waals surface area contributed by atoms with Crippen LogP contribution in [-0.4, -0.2) is 47.4 Å². The molecule has 63 heavy (non-hydrogen) atoms. The highest BCUT2D eigenvalue weighted by atomic mass is 16.5. The molecule has 0 aromatic carbocycles. The number of nitrogens with one attached hydrogen (secondary N) is 1. The number of esters is 1. The van der Waals surface area contributed by atoms with Crippen molar-refractivity contribution in [3.63, 3.8) is 0 Å². The van der Waals surface area contributed by atoms with E-state index in [-0.39, 0.29) is 18.5 Å². The molecule has 1 amide bonds. The van der Waals surface area contributed by atoms with E-state index in [0.717, 1.165) is 57.8 Å². The zero-order chi connectivity index (χ0) is 45.8. The second-order valence-corrected chi connectivity index (χ2v) is 20.0. The van der Waals surface area contributed by atoms with Crippen molar-refractivity contribution in [3.05, 3.63) is 0 Å². The highest BCUT2D eigenvalue weighted by Gasteiger charge is 2.20. The number of carbonyl (C=O) groups is 2. The minimum Gasteiger partial charge on any atom is -0.466 e. The van der Waals surface area contributed by atoms with Gasteiger partial charge in [-0.25, -0.2) is 0 Å². The largest absolute Gasteiger partial charge is 0.466 e. The first-order valence-corrected chi connectivity index (χ1v) is 28.8. The standard InChI is InChI=1S/C57H113NO5/c1-3-5-7-9-11-13-15-17-19-21-22-24-26-31-35-39-43-47-51-57(62)63-52-48-44-40-36-32-28-27-30-34-38-42-46-50-56(61)58-54(53-59)55(60)49-45-41-37-33-29-25-23-20-18-16-14-12-10-8-6-4-2/h54-55,59-60H,3-53H2,1-2H3,(H,58,61). The lowest BCUT2D eigenvalue weighted by Crippen LogP contribution is -2.45. The summed E-state index contributed by atoms with van der Waals surface area (Å²) in [5.41, 5.74) is 0. The molecule has 0 spiro atoms. The molecule has 0 aliphatic carbocycles. The highest BCUT2D eigenvalue weighted by molar-refractivity contribution is 5.76. The Kier molecular flexibility index (Phi) is 52.5. The number of rotatable bonds is 54. The molecule has 0 aromatic heterocycles. The minimum atomic E-state index is -0.673. The van der Waals surface area contributed by atoms with Gasteiger partial charge >= 0.3 is 5.97 Å². The Bertz CT molecular complexity index is 898. The summed E-state index contributed by atoms with van der Waals surface area (Å²) in [5.74, 6) is -0.0508. The Morgan fingerprint density at radius 2 is 0.651 bits per heavy atom. The summed E-state index contributed by atoms with van der Waals surface area (Å²) >= 11 is 0. The van der Waals surface area contributed by atoms with Crippen molar-refractivity contribution in [1.82, 2.24) is 5.32 Å². The van der Waals surface area contributed by atoms with Crippen molar-refractivity contribution in [2.24, 2.45) is 0 Å². The first-order chi connectivity index (χ1) is 31.0. The van der Waals surface area contributed by atoms with Crippen molar-refractivity contribution in [1.29, 1.82) is 0 Å². The van der Waals surface area contributed by atoms with E-state index in [0.29, 0.717) is 25.9 Å². The number of amides is 1. The summed E-state index contributed by atoms with van der Waals surface area (Å²) in [7, 11) is 0. The predicted octanol–water partition coefficient (Wildman–Crippen LogP) is 17.5. The van der Waals surface area contributed by atoms with Crippen molar-refractivity contribution in [2.75, 3.05) is 13.2 Å². The van der Waals surface area contributed by atoms with Gasteiger partial charge in [-0.2, -0.15) is 0 Å². The molecule has 0 bridgehead atoms. The van der Waals surface area contributed by atoms with Crippen molar-refractivity contribution >= 4 is 11.9 Å². The van der Waals surface area contributed by atoms with Crippen molar-refractivity contribution < 1.29 is 24.5 Å². The van der Waals surface area contributed by atoms with E-state index in [9.17, 15) is 19.8 Å². The van der Waals surface area contributed by atoms with Crippen LogP contribution in [-0.2, 0) is 14.3 Å².